The lowest BCUT2D eigenvalue weighted by molar-refractivity contribution is -0.147. The third-order valence-electron chi connectivity index (χ3n) is 8.91. The molecular weight excluding hydrogens is 558 g/mol. The summed E-state index contributed by atoms with van der Waals surface area (Å²) in [6.07, 6.45) is -2.50. The summed E-state index contributed by atoms with van der Waals surface area (Å²) in [5, 5.41) is 13.1. The number of alkyl halides is 3. The van der Waals surface area contributed by atoms with Gasteiger partial charge in [0.15, 0.2) is 11.5 Å². The van der Waals surface area contributed by atoms with Crippen LogP contribution in [0.4, 0.5) is 13.2 Å². The third-order valence-corrected chi connectivity index (χ3v) is 9.54. The number of carbonyl (C=O) groups excluding carboxylic acids is 2. The van der Waals surface area contributed by atoms with Crippen molar-refractivity contribution in [1.82, 2.24) is 14.7 Å². The molecule has 210 valence electrons. The van der Waals surface area contributed by atoms with Crippen LogP contribution in [0.1, 0.15) is 78.4 Å². The van der Waals surface area contributed by atoms with Gasteiger partial charge < -0.3 is 10.0 Å². The summed E-state index contributed by atoms with van der Waals surface area (Å²) >= 11 is 12.4. The lowest BCUT2D eigenvalue weighted by Crippen LogP contribution is -2.44. The van der Waals surface area contributed by atoms with E-state index in [2.05, 4.69) is 18.9 Å². The molecule has 3 atom stereocenters. The largest absolute Gasteiger partial charge is 0.481 e. The quantitative estimate of drug-likeness (QED) is 0.362. The smallest absolute Gasteiger partial charge is 0.433 e. The van der Waals surface area contributed by atoms with Gasteiger partial charge in [0.25, 0.3) is 5.91 Å². The predicted molar refractivity (Wildman–Crippen MR) is 137 cm³/mol. The van der Waals surface area contributed by atoms with E-state index in [1.807, 2.05) is 0 Å². The van der Waals surface area contributed by atoms with Gasteiger partial charge in [0, 0.05) is 12.5 Å². The first-order valence-corrected chi connectivity index (χ1v) is 13.6. The second-order valence-electron chi connectivity index (χ2n) is 11.6. The zero-order valence-electron chi connectivity index (χ0n) is 21.3. The van der Waals surface area contributed by atoms with E-state index in [1.54, 1.807) is 6.07 Å². The monoisotopic (exact) mass is 585 g/mol. The Hall–Kier alpha value is -2.59. The number of carbonyl (C=O) groups is 3. The number of aromatic nitrogens is 2. The fourth-order valence-electron chi connectivity index (χ4n) is 6.64. The first-order chi connectivity index (χ1) is 18.2. The molecule has 5 rings (SSSR count). The highest BCUT2D eigenvalue weighted by molar-refractivity contribution is 6.40. The van der Waals surface area contributed by atoms with Crippen molar-refractivity contribution in [2.45, 2.75) is 64.2 Å². The van der Waals surface area contributed by atoms with Crippen molar-refractivity contribution in [3.8, 4) is 0 Å². The molecule has 3 saturated carbocycles. The van der Waals surface area contributed by atoms with Crippen molar-refractivity contribution >= 4 is 40.9 Å². The van der Waals surface area contributed by atoms with Crippen molar-refractivity contribution < 1.29 is 32.7 Å². The Balaban J connectivity index is 1.46. The molecule has 3 fully saturated rings. The summed E-state index contributed by atoms with van der Waals surface area (Å²) < 4.78 is 43.8. The molecule has 1 amide bonds. The van der Waals surface area contributed by atoms with Crippen LogP contribution in [0.3, 0.4) is 0 Å². The number of hydrogen-bond acceptors (Lipinski definition) is 4. The van der Waals surface area contributed by atoms with Gasteiger partial charge in [-0.15, -0.1) is 0 Å². The molecule has 0 aliphatic heterocycles. The summed E-state index contributed by atoms with van der Waals surface area (Å²) in [4.78, 5) is 39.4. The normalized spacial score (nSPS) is 27.0. The van der Waals surface area contributed by atoms with Crippen LogP contribution in [0.5, 0.6) is 0 Å². The topological polar surface area (TPSA) is 92.5 Å². The van der Waals surface area contributed by atoms with Gasteiger partial charge >= 0.3 is 12.1 Å². The summed E-state index contributed by atoms with van der Waals surface area (Å²) in [7, 11) is 0. The second kappa shape index (κ2) is 9.80. The number of Topliss-reactive ketones (excluding diaryl/α,β-unsaturated/α-hetero) is 1. The van der Waals surface area contributed by atoms with Crippen LogP contribution in [0, 0.1) is 23.2 Å². The van der Waals surface area contributed by atoms with Gasteiger partial charge in [-0.05, 0) is 61.0 Å². The number of ketones is 1. The maximum absolute atomic E-state index is 14.3. The van der Waals surface area contributed by atoms with Crippen molar-refractivity contribution in [3.05, 3.63) is 51.3 Å². The number of fused-ring (bicyclic) bond motifs is 1. The lowest BCUT2D eigenvalue weighted by Gasteiger charge is -2.36. The van der Waals surface area contributed by atoms with Crippen LogP contribution in [-0.2, 0) is 11.0 Å². The second-order valence-corrected chi connectivity index (χ2v) is 12.4. The van der Waals surface area contributed by atoms with E-state index in [0.717, 1.165) is 10.9 Å². The highest BCUT2D eigenvalue weighted by Crippen LogP contribution is 2.67. The number of benzene rings is 1. The van der Waals surface area contributed by atoms with E-state index < -0.39 is 53.7 Å². The highest BCUT2D eigenvalue weighted by Gasteiger charge is 2.63. The van der Waals surface area contributed by atoms with E-state index in [9.17, 15) is 27.6 Å². The Kier molecular flexibility index (Phi) is 7.02. The number of amides is 1. The van der Waals surface area contributed by atoms with Gasteiger partial charge in [-0.25, -0.2) is 0 Å². The molecule has 0 bridgehead atoms. The standard InChI is InChI=1S/C27H28Cl2F3N3O4/c1-26(2)17-9-14(10-18(17)26)34(12-21(36)23-19(28)4-3-5-20(23)29)25(39)16-11-33-35(24(16)27(30,31)32)15-6-13(7-15)8-22(37)38/h3-5,11,13-15,17-18H,6-10,12H2,1-2H3,(H,37,38)/t13-,14-,15+,17-,18+. The maximum atomic E-state index is 14.3. The van der Waals surface area contributed by atoms with Crippen molar-refractivity contribution in [2.24, 2.45) is 23.2 Å². The predicted octanol–water partition coefficient (Wildman–Crippen LogP) is 6.39. The zero-order chi connectivity index (χ0) is 28.4. The minimum absolute atomic E-state index is 0.0211. The number of nitrogens with zero attached hydrogens (tertiary/aromatic N) is 3. The van der Waals surface area contributed by atoms with E-state index in [0.29, 0.717) is 24.7 Å². The first kappa shape index (κ1) is 28.0. The molecule has 1 aromatic carbocycles. The Bertz CT molecular complexity index is 1300. The van der Waals surface area contributed by atoms with Gasteiger partial charge in [0.1, 0.15) is 0 Å². The highest BCUT2D eigenvalue weighted by atomic mass is 35.5. The number of carboxylic acid groups (broad SMARTS) is 1. The number of halogens is 5. The van der Waals surface area contributed by atoms with Crippen LogP contribution in [0.25, 0.3) is 0 Å². The Morgan fingerprint density at radius 1 is 1.10 bits per heavy atom. The van der Waals surface area contributed by atoms with E-state index in [-0.39, 0.29) is 46.2 Å². The molecule has 3 aliphatic carbocycles. The number of rotatable bonds is 8. The number of aliphatic carboxylic acids is 1. The molecular formula is C27H28Cl2F3N3O4. The zero-order valence-corrected chi connectivity index (χ0v) is 22.9. The van der Waals surface area contributed by atoms with Gasteiger partial charge in [-0.3, -0.25) is 19.1 Å². The molecule has 39 heavy (non-hydrogen) atoms. The molecule has 1 N–H and O–H groups in total. The molecule has 1 heterocycles. The third kappa shape index (κ3) is 5.06. The van der Waals surface area contributed by atoms with Crippen LogP contribution in [-0.4, -0.2) is 50.0 Å². The fourth-order valence-corrected chi connectivity index (χ4v) is 7.25. The van der Waals surface area contributed by atoms with Crippen LogP contribution >= 0.6 is 23.2 Å². The molecule has 0 unspecified atom stereocenters. The SMILES string of the molecule is CC1(C)[C@@H]2C[C@@H](N(CC(=O)c3c(Cl)cccc3Cl)C(=O)c3cnn([C@H]4C[C@@H](CC(=O)O)C4)c3C(F)(F)F)C[C@@H]21. The molecule has 0 radical (unpaired) electrons. The Labute approximate surface area is 233 Å². The molecule has 3 aliphatic rings. The van der Waals surface area contributed by atoms with Crippen LogP contribution in [0.2, 0.25) is 10.0 Å². The van der Waals surface area contributed by atoms with Crippen molar-refractivity contribution in [1.29, 1.82) is 0 Å². The van der Waals surface area contributed by atoms with E-state index in [1.165, 1.54) is 17.0 Å². The fraction of sp³-hybridized carbons (Fsp3) is 0.556. The molecule has 0 spiro atoms. The Morgan fingerprint density at radius 2 is 1.69 bits per heavy atom. The Morgan fingerprint density at radius 3 is 2.23 bits per heavy atom. The molecule has 12 heteroatoms. The van der Waals surface area contributed by atoms with Crippen LogP contribution < -0.4 is 0 Å². The summed E-state index contributed by atoms with van der Waals surface area (Å²) in [5.74, 6) is -2.10. The average Bonchev–Trinajstić information content (AvgIpc) is 3.23. The molecule has 0 saturated heterocycles. The van der Waals surface area contributed by atoms with Gasteiger partial charge in [0.05, 0.1) is 40.0 Å². The van der Waals surface area contributed by atoms with Gasteiger partial charge in [0.2, 0.25) is 0 Å². The summed E-state index contributed by atoms with van der Waals surface area (Å²) in [6, 6.07) is 3.47. The average molecular weight is 586 g/mol. The lowest BCUT2D eigenvalue weighted by atomic mass is 9.78. The van der Waals surface area contributed by atoms with E-state index >= 15 is 0 Å². The van der Waals surface area contributed by atoms with Crippen LogP contribution in [0.15, 0.2) is 24.4 Å². The minimum atomic E-state index is -4.89. The molecule has 1 aromatic heterocycles. The van der Waals surface area contributed by atoms with Crippen molar-refractivity contribution in [2.75, 3.05) is 6.54 Å². The minimum Gasteiger partial charge on any atom is -0.481 e. The van der Waals surface area contributed by atoms with Crippen molar-refractivity contribution in [3.63, 3.8) is 0 Å². The number of hydrogen-bond donors (Lipinski definition) is 1. The first-order valence-electron chi connectivity index (χ1n) is 12.8. The van der Waals surface area contributed by atoms with E-state index in [4.69, 9.17) is 28.3 Å². The van der Waals surface area contributed by atoms with Gasteiger partial charge in [-0.2, -0.15) is 18.3 Å². The number of carboxylic acids is 1. The summed E-state index contributed by atoms with van der Waals surface area (Å²) in [6.45, 7) is 3.78. The maximum Gasteiger partial charge on any atom is 0.433 e. The molecule has 7 nitrogen and oxygen atoms in total. The molecule has 2 aromatic rings. The summed E-state index contributed by atoms with van der Waals surface area (Å²) in [5.41, 5.74) is -1.68. The van der Waals surface area contributed by atoms with Gasteiger partial charge in [-0.1, -0.05) is 43.1 Å².